The van der Waals surface area contributed by atoms with Crippen molar-refractivity contribution in [3.05, 3.63) is 59.9 Å². The van der Waals surface area contributed by atoms with Gasteiger partial charge in [0.05, 0.1) is 23.0 Å². The highest BCUT2D eigenvalue weighted by atomic mass is 32.2. The van der Waals surface area contributed by atoms with Crippen molar-refractivity contribution in [1.82, 2.24) is 4.98 Å². The highest BCUT2D eigenvalue weighted by Crippen LogP contribution is 2.51. The number of ketones is 1. The maximum atomic E-state index is 13.7. The number of nitriles is 1. The van der Waals surface area contributed by atoms with Crippen LogP contribution < -0.4 is 4.90 Å². The topological polar surface area (TPSA) is 104 Å². The molecule has 3 saturated carbocycles. The maximum absolute atomic E-state index is 13.7. The Morgan fingerprint density at radius 3 is 2.43 bits per heavy atom. The normalized spacial score (nSPS) is 24.6. The average Bonchev–Trinajstić information content (AvgIpc) is 3.95. The zero-order valence-corrected chi connectivity index (χ0v) is 24.7. The number of anilines is 1. The van der Waals surface area contributed by atoms with Gasteiger partial charge in [-0.2, -0.15) is 5.26 Å². The number of oxazole rings is 1. The Labute approximate surface area is 247 Å². The van der Waals surface area contributed by atoms with Crippen molar-refractivity contribution in [2.24, 2.45) is 11.3 Å². The van der Waals surface area contributed by atoms with Crippen LogP contribution in [0.5, 0.6) is 0 Å². The highest BCUT2D eigenvalue weighted by Gasteiger charge is 2.47. The fourth-order valence-corrected chi connectivity index (χ4v) is 8.03. The van der Waals surface area contributed by atoms with Crippen molar-refractivity contribution >= 4 is 21.3 Å². The summed E-state index contributed by atoms with van der Waals surface area (Å²) in [5.74, 6) is 2.27. The highest BCUT2D eigenvalue weighted by molar-refractivity contribution is 7.91. The largest absolute Gasteiger partial charge is 0.440 e. The van der Waals surface area contributed by atoms with E-state index in [2.05, 4.69) is 29.2 Å². The van der Waals surface area contributed by atoms with Gasteiger partial charge in [-0.1, -0.05) is 37.1 Å². The van der Waals surface area contributed by atoms with E-state index in [-0.39, 0.29) is 29.1 Å². The van der Waals surface area contributed by atoms with Gasteiger partial charge in [-0.05, 0) is 74.3 Å². The van der Waals surface area contributed by atoms with E-state index in [4.69, 9.17) is 9.40 Å². The van der Waals surface area contributed by atoms with E-state index in [0.29, 0.717) is 31.3 Å². The van der Waals surface area contributed by atoms with Crippen molar-refractivity contribution in [1.29, 1.82) is 5.26 Å². The first-order chi connectivity index (χ1) is 20.3. The lowest BCUT2D eigenvalue weighted by atomic mass is 9.73. The first-order valence-corrected chi connectivity index (χ1v) is 17.3. The van der Waals surface area contributed by atoms with Gasteiger partial charge in [0, 0.05) is 48.2 Å². The molecule has 0 spiro atoms. The van der Waals surface area contributed by atoms with E-state index in [1.165, 1.54) is 18.4 Å². The summed E-state index contributed by atoms with van der Waals surface area (Å²) in [6, 6.07) is 19.0. The molecule has 1 aliphatic heterocycles. The van der Waals surface area contributed by atoms with Crippen LogP contribution in [0.15, 0.2) is 52.9 Å². The summed E-state index contributed by atoms with van der Waals surface area (Å²) in [7, 11) is -2.95. The minimum absolute atomic E-state index is 0.0735. The van der Waals surface area contributed by atoms with Gasteiger partial charge in [-0.25, -0.2) is 13.4 Å². The molecule has 4 fully saturated rings. The Morgan fingerprint density at radius 1 is 1.00 bits per heavy atom. The second-order valence-electron chi connectivity index (χ2n) is 12.9. The molecule has 3 aliphatic carbocycles. The Kier molecular flexibility index (Phi) is 6.97. The van der Waals surface area contributed by atoms with Crippen molar-refractivity contribution < 1.29 is 17.6 Å². The summed E-state index contributed by atoms with van der Waals surface area (Å²) in [5, 5.41) is 9.65. The molecule has 3 aromatic rings. The van der Waals surface area contributed by atoms with Gasteiger partial charge in [0.2, 0.25) is 5.89 Å². The lowest BCUT2D eigenvalue weighted by molar-refractivity contribution is -0.125. The summed E-state index contributed by atoms with van der Waals surface area (Å²) in [6.07, 6.45) is 8.12. The zero-order valence-electron chi connectivity index (χ0n) is 23.9. The summed E-state index contributed by atoms with van der Waals surface area (Å²) in [6.45, 7) is 0.989. The molecular formula is C34H37N3O4S. The number of hydrogen-bond acceptors (Lipinski definition) is 7. The third-order valence-corrected chi connectivity index (χ3v) is 11.4. The van der Waals surface area contributed by atoms with Crippen LogP contribution in [0.3, 0.4) is 0 Å². The van der Waals surface area contributed by atoms with Crippen LogP contribution >= 0.6 is 0 Å². The van der Waals surface area contributed by atoms with Gasteiger partial charge in [-0.15, -0.1) is 0 Å². The van der Waals surface area contributed by atoms with Gasteiger partial charge in [0.15, 0.2) is 9.84 Å². The van der Waals surface area contributed by atoms with Crippen LogP contribution in [0.2, 0.25) is 0 Å². The predicted molar refractivity (Wildman–Crippen MR) is 162 cm³/mol. The van der Waals surface area contributed by atoms with E-state index in [1.54, 1.807) is 0 Å². The standard InChI is InChI=1S/C34H37N3O4S/c35-22-34(14-15-34)21-30(38)28-6-1-2-7-29(28)32-31(36-33(41-32)26-5-3-4-25(20-26)23-8-9-23)24-10-12-27(13-11-24)37-16-18-42(39,40)19-17-37/h3-5,10-13,20,23,28-29H,1-2,6-9,14-19,21H2/t28-,29-/m1/s1. The summed E-state index contributed by atoms with van der Waals surface area (Å²) in [5.41, 5.74) is 4.52. The number of hydrogen-bond donors (Lipinski definition) is 0. The number of benzene rings is 2. The van der Waals surface area contributed by atoms with E-state index >= 15 is 0 Å². The third-order valence-electron chi connectivity index (χ3n) is 9.81. The fraction of sp³-hybridized carbons (Fsp3) is 0.500. The molecular weight excluding hydrogens is 546 g/mol. The second kappa shape index (κ2) is 10.7. The molecule has 7 nitrogen and oxygen atoms in total. The van der Waals surface area contributed by atoms with Crippen LogP contribution in [0.4, 0.5) is 5.69 Å². The van der Waals surface area contributed by atoms with Crippen LogP contribution in [0.25, 0.3) is 22.7 Å². The number of carbonyl (C=O) groups excluding carboxylic acids is 1. The Morgan fingerprint density at radius 2 is 1.74 bits per heavy atom. The summed E-state index contributed by atoms with van der Waals surface area (Å²) in [4.78, 5) is 20.8. The molecule has 1 saturated heterocycles. The number of Topliss-reactive ketones (excluding diaryl/α,β-unsaturated/α-hetero) is 1. The molecule has 0 bridgehead atoms. The molecule has 1 aromatic heterocycles. The molecule has 4 aliphatic rings. The van der Waals surface area contributed by atoms with Gasteiger partial charge < -0.3 is 9.32 Å². The van der Waals surface area contributed by atoms with Crippen LogP contribution in [0, 0.1) is 22.7 Å². The minimum atomic E-state index is -2.95. The van der Waals surface area contributed by atoms with Crippen LogP contribution in [-0.4, -0.2) is 43.8 Å². The monoisotopic (exact) mass is 583 g/mol. The molecule has 2 heterocycles. The molecule has 218 valence electrons. The summed E-state index contributed by atoms with van der Waals surface area (Å²) < 4.78 is 30.5. The molecule has 0 amide bonds. The summed E-state index contributed by atoms with van der Waals surface area (Å²) >= 11 is 0. The van der Waals surface area contributed by atoms with Crippen molar-refractivity contribution in [3.63, 3.8) is 0 Å². The van der Waals surface area contributed by atoms with Gasteiger partial charge >= 0.3 is 0 Å². The SMILES string of the molecule is N#CC1(CC(=O)[C@@H]2CCCC[C@H]2c2oc(-c3cccc(C4CC4)c3)nc2-c2ccc(N3CCS(=O)(=O)CC3)cc2)CC1. The molecule has 0 radical (unpaired) electrons. The smallest absolute Gasteiger partial charge is 0.226 e. The van der Waals surface area contributed by atoms with Crippen molar-refractivity contribution in [3.8, 4) is 28.8 Å². The lowest BCUT2D eigenvalue weighted by Gasteiger charge is -2.30. The fourth-order valence-electron chi connectivity index (χ4n) is 6.83. The quantitative estimate of drug-likeness (QED) is 0.292. The first kappa shape index (κ1) is 27.4. The number of carbonyl (C=O) groups is 1. The van der Waals surface area contributed by atoms with E-state index in [1.807, 2.05) is 30.3 Å². The van der Waals surface area contributed by atoms with Crippen LogP contribution in [-0.2, 0) is 14.6 Å². The number of sulfone groups is 1. The Hall–Kier alpha value is -3.44. The third kappa shape index (κ3) is 5.51. The van der Waals surface area contributed by atoms with E-state index < -0.39 is 15.3 Å². The zero-order chi connectivity index (χ0) is 28.9. The lowest BCUT2D eigenvalue weighted by Crippen LogP contribution is -2.40. The van der Waals surface area contributed by atoms with Crippen molar-refractivity contribution in [2.75, 3.05) is 29.5 Å². The molecule has 2 aromatic carbocycles. The van der Waals surface area contributed by atoms with Gasteiger partial charge in [0.25, 0.3) is 0 Å². The molecule has 42 heavy (non-hydrogen) atoms. The molecule has 0 N–H and O–H groups in total. The Balaban J connectivity index is 1.24. The predicted octanol–water partition coefficient (Wildman–Crippen LogP) is 6.66. The average molecular weight is 584 g/mol. The number of rotatable bonds is 8. The van der Waals surface area contributed by atoms with Crippen LogP contribution in [0.1, 0.15) is 80.9 Å². The van der Waals surface area contributed by atoms with Gasteiger partial charge in [0.1, 0.15) is 17.2 Å². The first-order valence-electron chi connectivity index (χ1n) is 15.4. The number of nitrogens with zero attached hydrogens (tertiary/aromatic N) is 3. The molecule has 8 heteroatoms. The second-order valence-corrected chi connectivity index (χ2v) is 15.2. The van der Waals surface area contributed by atoms with E-state index in [0.717, 1.165) is 66.8 Å². The molecule has 2 atom stereocenters. The molecule has 7 rings (SSSR count). The minimum Gasteiger partial charge on any atom is -0.440 e. The molecule has 0 unspecified atom stereocenters. The van der Waals surface area contributed by atoms with E-state index in [9.17, 15) is 18.5 Å². The number of aromatic nitrogens is 1. The van der Waals surface area contributed by atoms with Crippen molar-refractivity contribution in [2.45, 2.75) is 69.6 Å². The Bertz CT molecular complexity index is 1630. The maximum Gasteiger partial charge on any atom is 0.226 e. The van der Waals surface area contributed by atoms with Gasteiger partial charge in [-0.3, -0.25) is 4.79 Å².